The molecule has 0 bridgehead atoms. The van der Waals surface area contributed by atoms with Crippen molar-refractivity contribution in [1.82, 2.24) is 10.4 Å². The lowest BCUT2D eigenvalue weighted by Gasteiger charge is -2.10. The molecule has 0 fully saturated rings. The van der Waals surface area contributed by atoms with E-state index < -0.39 is 6.03 Å². The van der Waals surface area contributed by atoms with E-state index >= 15 is 0 Å². The summed E-state index contributed by atoms with van der Waals surface area (Å²) in [5.74, 6) is 9.73. The molecule has 0 aliphatic rings. The zero-order valence-corrected chi connectivity index (χ0v) is 4.29. The van der Waals surface area contributed by atoms with Crippen LogP contribution < -0.4 is 22.8 Å². The topological polar surface area (TPSA) is 110 Å². The SMILES string of the molecule is NNCN(N)C(N)=O. The van der Waals surface area contributed by atoms with Gasteiger partial charge in [0, 0.05) is 0 Å². The molecule has 0 atom stereocenters. The van der Waals surface area contributed by atoms with Crippen LogP contribution in [0.5, 0.6) is 0 Å². The van der Waals surface area contributed by atoms with E-state index in [1.165, 1.54) is 0 Å². The number of hydrogen-bond donors (Lipinski definition) is 4. The van der Waals surface area contributed by atoms with Gasteiger partial charge in [-0.25, -0.2) is 21.1 Å². The Morgan fingerprint density at radius 3 is 2.38 bits per heavy atom. The van der Waals surface area contributed by atoms with E-state index in [4.69, 9.17) is 11.7 Å². The van der Waals surface area contributed by atoms with Crippen molar-refractivity contribution in [3.63, 3.8) is 0 Å². The molecule has 8 heavy (non-hydrogen) atoms. The van der Waals surface area contributed by atoms with Gasteiger partial charge in [0.25, 0.3) is 0 Å². The van der Waals surface area contributed by atoms with E-state index in [0.29, 0.717) is 0 Å². The van der Waals surface area contributed by atoms with Gasteiger partial charge in [-0.15, -0.1) is 0 Å². The van der Waals surface area contributed by atoms with Crippen molar-refractivity contribution >= 4 is 6.03 Å². The van der Waals surface area contributed by atoms with Gasteiger partial charge in [0.15, 0.2) is 0 Å². The van der Waals surface area contributed by atoms with Crippen LogP contribution in [0, 0.1) is 0 Å². The normalized spacial score (nSPS) is 8.75. The molecule has 2 amide bonds. The molecule has 0 spiro atoms. The highest BCUT2D eigenvalue weighted by molar-refractivity contribution is 5.71. The van der Waals surface area contributed by atoms with E-state index in [-0.39, 0.29) is 6.67 Å². The fraction of sp³-hybridized carbons (Fsp3) is 0.500. The monoisotopic (exact) mass is 119 g/mol. The molecule has 0 saturated carbocycles. The Kier molecular flexibility index (Phi) is 2.85. The molecule has 0 aliphatic heterocycles. The number of nitrogens with two attached hydrogens (primary N) is 3. The molecule has 0 heterocycles. The third-order valence-electron chi connectivity index (χ3n) is 0.545. The van der Waals surface area contributed by atoms with Crippen LogP contribution in [0.4, 0.5) is 4.79 Å². The molecule has 6 heteroatoms. The van der Waals surface area contributed by atoms with Crippen LogP contribution in [0.25, 0.3) is 0 Å². The largest absolute Gasteiger partial charge is 0.350 e. The van der Waals surface area contributed by atoms with E-state index in [0.717, 1.165) is 5.01 Å². The lowest BCUT2D eigenvalue weighted by Crippen LogP contribution is -2.48. The summed E-state index contributed by atoms with van der Waals surface area (Å²) in [6, 6.07) is -0.719. The van der Waals surface area contributed by atoms with Gasteiger partial charge in [0.2, 0.25) is 0 Å². The minimum Gasteiger partial charge on any atom is -0.350 e. The molecule has 7 N–H and O–H groups in total. The van der Waals surface area contributed by atoms with Crippen LogP contribution in [0.15, 0.2) is 0 Å². The van der Waals surface area contributed by atoms with Crippen LogP contribution in [-0.2, 0) is 0 Å². The van der Waals surface area contributed by atoms with Crippen molar-refractivity contribution in [1.29, 1.82) is 0 Å². The maximum absolute atomic E-state index is 10.0. The quantitative estimate of drug-likeness (QED) is 0.141. The highest BCUT2D eigenvalue weighted by Gasteiger charge is 1.98. The zero-order valence-electron chi connectivity index (χ0n) is 4.29. The number of amides is 2. The Hall–Kier alpha value is -0.850. The summed E-state index contributed by atoms with van der Waals surface area (Å²) in [7, 11) is 0. The van der Waals surface area contributed by atoms with E-state index in [1.54, 1.807) is 0 Å². The Morgan fingerprint density at radius 2 is 2.25 bits per heavy atom. The number of urea groups is 1. The number of hydrazine groups is 2. The first-order chi connectivity index (χ1) is 3.68. The van der Waals surface area contributed by atoms with Gasteiger partial charge < -0.3 is 5.73 Å². The van der Waals surface area contributed by atoms with Gasteiger partial charge >= 0.3 is 6.03 Å². The summed E-state index contributed by atoms with van der Waals surface area (Å²) in [6.45, 7) is 0.0509. The fourth-order valence-corrected chi connectivity index (χ4v) is 0.176. The fourth-order valence-electron chi connectivity index (χ4n) is 0.176. The number of carbonyl (C=O) groups is 1. The number of hydrogen-bond acceptors (Lipinski definition) is 4. The number of primary amides is 1. The van der Waals surface area contributed by atoms with E-state index in [1.807, 2.05) is 0 Å². The summed E-state index contributed by atoms with van der Waals surface area (Å²) >= 11 is 0. The molecular weight excluding hydrogens is 110 g/mol. The second-order valence-corrected chi connectivity index (χ2v) is 1.17. The van der Waals surface area contributed by atoms with Gasteiger partial charge in [-0.1, -0.05) is 0 Å². The lowest BCUT2D eigenvalue weighted by molar-refractivity contribution is 0.204. The molecule has 48 valence electrons. The van der Waals surface area contributed by atoms with Gasteiger partial charge in [-0.2, -0.15) is 0 Å². The van der Waals surface area contributed by atoms with Gasteiger partial charge in [-0.3, -0.25) is 5.84 Å². The maximum Gasteiger partial charge on any atom is 0.330 e. The summed E-state index contributed by atoms with van der Waals surface area (Å²) in [5, 5.41) is 0.750. The summed E-state index contributed by atoms with van der Waals surface area (Å²) in [5.41, 5.74) is 6.84. The first-order valence-corrected chi connectivity index (χ1v) is 1.93. The van der Waals surface area contributed by atoms with Crippen molar-refractivity contribution < 1.29 is 4.79 Å². The molecular formula is C2H9N5O. The Morgan fingerprint density at radius 1 is 1.75 bits per heavy atom. The van der Waals surface area contributed by atoms with Gasteiger partial charge in [0.05, 0.1) is 0 Å². The summed E-state index contributed by atoms with van der Waals surface area (Å²) < 4.78 is 0. The summed E-state index contributed by atoms with van der Waals surface area (Å²) in [6.07, 6.45) is 0. The van der Waals surface area contributed by atoms with Crippen LogP contribution in [-0.4, -0.2) is 17.7 Å². The standard InChI is InChI=1S/C2H9N5O/c3-2(8)7(5)1-6-4/h6H,1,4-5H2,(H2,3,8). The van der Waals surface area contributed by atoms with Crippen molar-refractivity contribution in [3.8, 4) is 0 Å². The van der Waals surface area contributed by atoms with Crippen molar-refractivity contribution in [2.24, 2.45) is 17.4 Å². The smallest absolute Gasteiger partial charge is 0.330 e. The minimum absolute atomic E-state index is 0.0509. The molecule has 0 unspecified atom stereocenters. The first-order valence-electron chi connectivity index (χ1n) is 1.93. The minimum atomic E-state index is -0.719. The highest BCUT2D eigenvalue weighted by atomic mass is 16.2. The van der Waals surface area contributed by atoms with Crippen LogP contribution >= 0.6 is 0 Å². The third-order valence-corrected chi connectivity index (χ3v) is 0.545. The van der Waals surface area contributed by atoms with Crippen molar-refractivity contribution in [2.45, 2.75) is 0 Å². The van der Waals surface area contributed by atoms with Gasteiger partial charge in [-0.05, 0) is 0 Å². The molecule has 6 nitrogen and oxygen atoms in total. The number of nitrogens with zero attached hydrogens (tertiary/aromatic N) is 1. The number of rotatable bonds is 2. The predicted octanol–water partition coefficient (Wildman–Crippen LogP) is -2.34. The lowest BCUT2D eigenvalue weighted by atomic mass is 10.9. The molecule has 0 saturated heterocycles. The molecule has 0 radical (unpaired) electrons. The Labute approximate surface area is 46.5 Å². The van der Waals surface area contributed by atoms with Crippen LogP contribution in [0.1, 0.15) is 0 Å². The average molecular weight is 119 g/mol. The summed E-state index contributed by atoms with van der Waals surface area (Å²) in [4.78, 5) is 10.0. The van der Waals surface area contributed by atoms with Crippen LogP contribution in [0.3, 0.4) is 0 Å². The number of nitrogens with one attached hydrogen (secondary N) is 1. The molecule has 0 aliphatic carbocycles. The van der Waals surface area contributed by atoms with Crippen molar-refractivity contribution in [2.75, 3.05) is 6.67 Å². The molecule has 0 aromatic rings. The predicted molar refractivity (Wildman–Crippen MR) is 27.8 cm³/mol. The second-order valence-electron chi connectivity index (χ2n) is 1.17. The third kappa shape index (κ3) is 2.35. The molecule has 0 rings (SSSR count). The van der Waals surface area contributed by atoms with Crippen LogP contribution in [0.2, 0.25) is 0 Å². The Bertz CT molecular complexity index is 82.5. The average Bonchev–Trinajstić information content (AvgIpc) is 1.67. The van der Waals surface area contributed by atoms with Crippen molar-refractivity contribution in [3.05, 3.63) is 0 Å². The Balaban J connectivity index is 3.32. The maximum atomic E-state index is 10.0. The highest BCUT2D eigenvalue weighted by Crippen LogP contribution is 1.67. The van der Waals surface area contributed by atoms with E-state index in [2.05, 4.69) is 11.2 Å². The van der Waals surface area contributed by atoms with Gasteiger partial charge in [0.1, 0.15) is 6.67 Å². The first kappa shape index (κ1) is 7.15. The zero-order chi connectivity index (χ0) is 6.57. The number of carbonyl (C=O) groups excluding carboxylic acids is 1. The molecule has 0 aromatic carbocycles. The molecule has 0 aromatic heterocycles. The second kappa shape index (κ2) is 3.19. The van der Waals surface area contributed by atoms with E-state index in [9.17, 15) is 4.79 Å².